The van der Waals surface area contributed by atoms with Crippen LogP contribution in [-0.4, -0.2) is 26.3 Å². The number of aromatic nitrogens is 4. The van der Waals surface area contributed by atoms with E-state index >= 15 is 0 Å². The summed E-state index contributed by atoms with van der Waals surface area (Å²) in [4.78, 5) is 7.69. The van der Waals surface area contributed by atoms with Crippen molar-refractivity contribution in [2.75, 3.05) is 6.54 Å². The summed E-state index contributed by atoms with van der Waals surface area (Å²) in [5.41, 5.74) is 5.78. The van der Waals surface area contributed by atoms with E-state index in [4.69, 9.17) is 0 Å². The Kier molecular flexibility index (Phi) is 2.86. The molecule has 0 unspecified atom stereocenters. The molecule has 1 aliphatic heterocycles. The lowest BCUT2D eigenvalue weighted by molar-refractivity contribution is 0.553. The minimum Gasteiger partial charge on any atom is -0.348 e. The molecule has 106 valence electrons. The van der Waals surface area contributed by atoms with Gasteiger partial charge in [0.2, 0.25) is 0 Å². The van der Waals surface area contributed by atoms with Gasteiger partial charge in [0.05, 0.1) is 29.9 Å². The molecule has 4 rings (SSSR count). The van der Waals surface area contributed by atoms with Gasteiger partial charge in [-0.3, -0.25) is 0 Å². The SMILES string of the molecule is Cc1ccccc1-n1cc([C@H]2NCCc3[nH]cnc32)cn1. The van der Waals surface area contributed by atoms with Crippen LogP contribution in [0, 0.1) is 6.92 Å². The number of aromatic amines is 1. The third-order valence-electron chi connectivity index (χ3n) is 4.05. The maximum atomic E-state index is 4.52. The second-order valence-corrected chi connectivity index (χ2v) is 5.41. The highest BCUT2D eigenvalue weighted by Crippen LogP contribution is 2.26. The summed E-state index contributed by atoms with van der Waals surface area (Å²) in [6, 6.07) is 8.38. The van der Waals surface area contributed by atoms with Gasteiger partial charge < -0.3 is 10.3 Å². The second kappa shape index (κ2) is 4.86. The van der Waals surface area contributed by atoms with Gasteiger partial charge in [-0.15, -0.1) is 0 Å². The van der Waals surface area contributed by atoms with Crippen molar-refractivity contribution in [1.29, 1.82) is 0 Å². The lowest BCUT2D eigenvalue weighted by Crippen LogP contribution is -2.30. The molecule has 2 aromatic heterocycles. The normalized spacial score (nSPS) is 17.7. The molecule has 5 heteroatoms. The van der Waals surface area contributed by atoms with Crippen molar-refractivity contribution in [3.8, 4) is 5.69 Å². The number of imidazole rings is 1. The van der Waals surface area contributed by atoms with Crippen LogP contribution in [0.25, 0.3) is 5.69 Å². The molecule has 1 aromatic carbocycles. The molecule has 0 saturated carbocycles. The Bertz CT molecular complexity index is 770. The fraction of sp³-hybridized carbons (Fsp3) is 0.250. The summed E-state index contributed by atoms with van der Waals surface area (Å²) in [6.07, 6.45) is 6.78. The van der Waals surface area contributed by atoms with Crippen molar-refractivity contribution in [2.24, 2.45) is 0 Å². The molecule has 0 spiro atoms. The lowest BCUT2D eigenvalue weighted by Gasteiger charge is -2.21. The molecule has 0 bridgehead atoms. The fourth-order valence-electron chi connectivity index (χ4n) is 2.93. The highest BCUT2D eigenvalue weighted by molar-refractivity contribution is 5.40. The molecule has 3 heterocycles. The van der Waals surface area contributed by atoms with Crippen LogP contribution in [0.15, 0.2) is 43.0 Å². The van der Waals surface area contributed by atoms with E-state index in [-0.39, 0.29) is 6.04 Å². The molecular formula is C16H17N5. The molecule has 5 nitrogen and oxygen atoms in total. The van der Waals surface area contributed by atoms with E-state index < -0.39 is 0 Å². The zero-order valence-corrected chi connectivity index (χ0v) is 11.9. The highest BCUT2D eigenvalue weighted by atomic mass is 15.3. The summed E-state index contributed by atoms with van der Waals surface area (Å²) in [5, 5.41) is 8.04. The first kappa shape index (κ1) is 12.3. The quantitative estimate of drug-likeness (QED) is 0.755. The van der Waals surface area contributed by atoms with Gasteiger partial charge in [-0.2, -0.15) is 5.10 Å². The Morgan fingerprint density at radius 3 is 3.10 bits per heavy atom. The number of aryl methyl sites for hydroxylation is 1. The zero-order valence-electron chi connectivity index (χ0n) is 11.9. The van der Waals surface area contributed by atoms with Crippen molar-refractivity contribution in [1.82, 2.24) is 25.1 Å². The van der Waals surface area contributed by atoms with Crippen LogP contribution in [0.1, 0.15) is 28.6 Å². The maximum Gasteiger partial charge on any atom is 0.0926 e. The fourth-order valence-corrected chi connectivity index (χ4v) is 2.93. The third kappa shape index (κ3) is 2.06. The van der Waals surface area contributed by atoms with Gasteiger partial charge in [0.1, 0.15) is 0 Å². The molecular weight excluding hydrogens is 262 g/mol. The highest BCUT2D eigenvalue weighted by Gasteiger charge is 2.24. The number of nitrogens with one attached hydrogen (secondary N) is 2. The van der Waals surface area contributed by atoms with Crippen molar-refractivity contribution in [2.45, 2.75) is 19.4 Å². The van der Waals surface area contributed by atoms with Gasteiger partial charge in [-0.1, -0.05) is 18.2 Å². The lowest BCUT2D eigenvalue weighted by atomic mass is 10.0. The molecule has 1 aliphatic rings. The Morgan fingerprint density at radius 1 is 1.29 bits per heavy atom. The van der Waals surface area contributed by atoms with Gasteiger partial charge >= 0.3 is 0 Å². The van der Waals surface area contributed by atoms with Crippen molar-refractivity contribution < 1.29 is 0 Å². The van der Waals surface area contributed by atoms with Crippen LogP contribution < -0.4 is 5.32 Å². The maximum absolute atomic E-state index is 4.52. The predicted molar refractivity (Wildman–Crippen MR) is 80.4 cm³/mol. The predicted octanol–water partition coefficient (Wildman–Crippen LogP) is 2.14. The molecule has 1 atom stereocenters. The minimum absolute atomic E-state index is 0.123. The number of nitrogens with zero attached hydrogens (tertiary/aromatic N) is 3. The molecule has 0 amide bonds. The smallest absolute Gasteiger partial charge is 0.0926 e. The van der Waals surface area contributed by atoms with Gasteiger partial charge in [0.25, 0.3) is 0 Å². The second-order valence-electron chi connectivity index (χ2n) is 5.41. The number of hydrogen-bond donors (Lipinski definition) is 2. The molecule has 3 aromatic rings. The van der Waals surface area contributed by atoms with Crippen molar-refractivity contribution in [3.05, 3.63) is 65.5 Å². The average Bonchev–Trinajstić information content (AvgIpc) is 3.16. The Balaban J connectivity index is 1.72. The van der Waals surface area contributed by atoms with Crippen LogP contribution >= 0.6 is 0 Å². The van der Waals surface area contributed by atoms with Crippen molar-refractivity contribution in [3.63, 3.8) is 0 Å². The molecule has 2 N–H and O–H groups in total. The van der Waals surface area contributed by atoms with E-state index in [1.807, 2.05) is 23.0 Å². The Labute approximate surface area is 123 Å². The number of rotatable bonds is 2. The van der Waals surface area contributed by atoms with E-state index in [1.54, 1.807) is 6.33 Å². The van der Waals surface area contributed by atoms with Crippen LogP contribution in [0.3, 0.4) is 0 Å². The molecule has 0 radical (unpaired) electrons. The minimum atomic E-state index is 0.123. The zero-order chi connectivity index (χ0) is 14.2. The first-order valence-electron chi connectivity index (χ1n) is 7.19. The summed E-state index contributed by atoms with van der Waals surface area (Å²) >= 11 is 0. The van der Waals surface area contributed by atoms with Gasteiger partial charge in [-0.25, -0.2) is 9.67 Å². The van der Waals surface area contributed by atoms with Gasteiger partial charge in [0, 0.05) is 30.4 Å². The number of benzene rings is 1. The molecule has 21 heavy (non-hydrogen) atoms. The van der Waals surface area contributed by atoms with Crippen molar-refractivity contribution >= 4 is 0 Å². The summed E-state index contributed by atoms with van der Waals surface area (Å²) in [7, 11) is 0. The molecule has 0 saturated heterocycles. The summed E-state index contributed by atoms with van der Waals surface area (Å²) < 4.78 is 1.94. The number of fused-ring (bicyclic) bond motifs is 1. The number of H-pyrrole nitrogens is 1. The number of para-hydroxylation sites is 1. The van der Waals surface area contributed by atoms with Crippen LogP contribution in [0.4, 0.5) is 0 Å². The van der Waals surface area contributed by atoms with Gasteiger partial charge in [0.15, 0.2) is 0 Å². The third-order valence-corrected chi connectivity index (χ3v) is 4.05. The van der Waals surface area contributed by atoms with E-state index in [2.05, 4.69) is 45.6 Å². The van der Waals surface area contributed by atoms with Crippen LogP contribution in [0.5, 0.6) is 0 Å². The molecule has 0 aliphatic carbocycles. The average molecular weight is 279 g/mol. The van der Waals surface area contributed by atoms with E-state index in [0.29, 0.717) is 0 Å². The summed E-state index contributed by atoms with van der Waals surface area (Å²) in [6.45, 7) is 3.05. The first-order valence-corrected chi connectivity index (χ1v) is 7.19. The van der Waals surface area contributed by atoms with Gasteiger partial charge in [-0.05, 0) is 18.6 Å². The standard InChI is InChI=1S/C16H17N5/c1-11-4-2-3-5-14(11)21-9-12(8-20-21)15-16-13(6-7-17-15)18-10-19-16/h2-5,8-10,15,17H,6-7H2,1H3,(H,18,19)/t15-/m1/s1. The van der Waals surface area contributed by atoms with E-state index in [9.17, 15) is 0 Å². The molecule has 0 fully saturated rings. The first-order chi connectivity index (χ1) is 10.3. The van der Waals surface area contributed by atoms with Crippen LogP contribution in [0.2, 0.25) is 0 Å². The van der Waals surface area contributed by atoms with E-state index in [0.717, 1.165) is 29.9 Å². The van der Waals surface area contributed by atoms with E-state index in [1.165, 1.54) is 11.3 Å². The van der Waals surface area contributed by atoms with Crippen LogP contribution in [-0.2, 0) is 6.42 Å². The Morgan fingerprint density at radius 2 is 2.19 bits per heavy atom. The summed E-state index contributed by atoms with van der Waals surface area (Å²) in [5.74, 6) is 0. The Hall–Kier alpha value is -2.40. The monoisotopic (exact) mass is 279 g/mol. The largest absolute Gasteiger partial charge is 0.348 e. The topological polar surface area (TPSA) is 58.5 Å². The number of hydrogen-bond acceptors (Lipinski definition) is 3.